The zero-order valence-electron chi connectivity index (χ0n) is 16.2. The van der Waals surface area contributed by atoms with E-state index < -0.39 is 21.9 Å². The molecule has 3 rings (SSSR count). The molecule has 2 N–H and O–H groups in total. The van der Waals surface area contributed by atoms with Crippen molar-refractivity contribution in [2.45, 2.75) is 25.0 Å². The molecule has 0 bridgehead atoms. The Morgan fingerprint density at radius 1 is 1.24 bits per heavy atom. The first-order valence-corrected chi connectivity index (χ1v) is 12.6. The fourth-order valence-electron chi connectivity index (χ4n) is 3.81. The van der Waals surface area contributed by atoms with Gasteiger partial charge in [0.2, 0.25) is 0 Å². The summed E-state index contributed by atoms with van der Waals surface area (Å²) >= 11 is 7.65. The molecule has 0 aliphatic carbocycles. The number of benzene rings is 2. The van der Waals surface area contributed by atoms with Gasteiger partial charge in [-0.1, -0.05) is 42.8 Å². The van der Waals surface area contributed by atoms with Gasteiger partial charge in [0.15, 0.2) is 0 Å². The molecular weight excluding hydrogens is 433 g/mol. The lowest BCUT2D eigenvalue weighted by atomic mass is 9.80. The van der Waals surface area contributed by atoms with Crippen molar-refractivity contribution in [3.63, 3.8) is 0 Å². The molecule has 156 valence electrons. The fourth-order valence-corrected chi connectivity index (χ4v) is 5.19. The van der Waals surface area contributed by atoms with E-state index in [0.29, 0.717) is 10.6 Å². The minimum Gasteiger partial charge on any atom is -0.361 e. The van der Waals surface area contributed by atoms with Crippen LogP contribution in [0.15, 0.2) is 42.6 Å². The van der Waals surface area contributed by atoms with Gasteiger partial charge in [-0.05, 0) is 47.4 Å². The number of para-hydroxylation sites is 1. The monoisotopic (exact) mass is 455 g/mol. The van der Waals surface area contributed by atoms with Crippen LogP contribution in [0.3, 0.4) is 0 Å². The number of thioether (sulfide) groups is 1. The highest BCUT2D eigenvalue weighted by atomic mass is 35.5. The van der Waals surface area contributed by atoms with E-state index in [2.05, 4.69) is 11.1 Å². The Bertz CT molecular complexity index is 1110. The third-order valence-electron chi connectivity index (χ3n) is 5.17. The van der Waals surface area contributed by atoms with Crippen molar-refractivity contribution in [1.82, 2.24) is 4.98 Å². The summed E-state index contributed by atoms with van der Waals surface area (Å²) in [6.45, 7) is 1.87. The molecule has 0 spiro atoms. The second-order valence-corrected chi connectivity index (χ2v) is 10.1. The maximum Gasteiger partial charge on any atom is 0.264 e. The van der Waals surface area contributed by atoms with Gasteiger partial charge in [0.25, 0.3) is 10.1 Å². The van der Waals surface area contributed by atoms with Crippen molar-refractivity contribution in [3.8, 4) is 0 Å². The number of hydrogen-bond donors (Lipinski definition) is 2. The maximum absolute atomic E-state index is 14.9. The van der Waals surface area contributed by atoms with E-state index in [1.54, 1.807) is 23.9 Å². The van der Waals surface area contributed by atoms with Crippen LogP contribution in [-0.4, -0.2) is 30.0 Å². The molecule has 1 aromatic heterocycles. The molecule has 4 nitrogen and oxygen atoms in total. The second kappa shape index (κ2) is 9.08. The molecule has 0 fully saturated rings. The average molecular weight is 456 g/mol. The van der Waals surface area contributed by atoms with Crippen molar-refractivity contribution in [2.75, 3.05) is 12.0 Å². The van der Waals surface area contributed by atoms with Gasteiger partial charge in [-0.3, -0.25) is 4.55 Å². The summed E-state index contributed by atoms with van der Waals surface area (Å²) in [4.78, 5) is 3.32. The van der Waals surface area contributed by atoms with E-state index in [1.165, 1.54) is 6.07 Å². The highest BCUT2D eigenvalue weighted by molar-refractivity contribution is 7.97. The Morgan fingerprint density at radius 2 is 2.00 bits per heavy atom. The summed E-state index contributed by atoms with van der Waals surface area (Å²) in [5.74, 6) is -0.603. The Hall–Kier alpha value is -1.54. The van der Waals surface area contributed by atoms with Crippen LogP contribution in [0.1, 0.15) is 36.0 Å². The Kier molecular flexibility index (Phi) is 6.94. The van der Waals surface area contributed by atoms with Crippen molar-refractivity contribution in [1.29, 1.82) is 0 Å². The summed E-state index contributed by atoms with van der Waals surface area (Å²) < 4.78 is 46.6. The predicted octanol–water partition coefficient (Wildman–Crippen LogP) is 5.87. The molecule has 2 aromatic carbocycles. The van der Waals surface area contributed by atoms with Crippen LogP contribution in [0.4, 0.5) is 4.39 Å². The first-order valence-electron chi connectivity index (χ1n) is 9.19. The molecule has 3 aromatic rings. The third kappa shape index (κ3) is 5.15. The lowest BCUT2D eigenvalue weighted by Crippen LogP contribution is -2.17. The van der Waals surface area contributed by atoms with Crippen LogP contribution < -0.4 is 0 Å². The van der Waals surface area contributed by atoms with Gasteiger partial charge in [0, 0.05) is 33.8 Å². The molecule has 8 heteroatoms. The van der Waals surface area contributed by atoms with Crippen LogP contribution in [-0.2, 0) is 15.9 Å². The second-order valence-electron chi connectivity index (χ2n) is 7.21. The third-order valence-corrected chi connectivity index (χ3v) is 6.75. The van der Waals surface area contributed by atoms with Crippen LogP contribution in [0.25, 0.3) is 10.9 Å². The van der Waals surface area contributed by atoms with Crippen LogP contribution >= 0.6 is 23.4 Å². The summed E-state index contributed by atoms with van der Waals surface area (Å²) in [6, 6.07) is 10.6. The van der Waals surface area contributed by atoms with Gasteiger partial charge in [-0.15, -0.1) is 0 Å². The van der Waals surface area contributed by atoms with Crippen LogP contribution in [0, 0.1) is 11.7 Å². The largest absolute Gasteiger partial charge is 0.361 e. The molecular formula is C21H23ClFNO3S2. The molecule has 0 aliphatic rings. The zero-order chi connectivity index (χ0) is 21.2. The number of halogens is 2. The first kappa shape index (κ1) is 22.2. The van der Waals surface area contributed by atoms with E-state index in [1.807, 2.05) is 31.5 Å². The van der Waals surface area contributed by atoms with E-state index in [4.69, 9.17) is 11.6 Å². The summed E-state index contributed by atoms with van der Waals surface area (Å²) in [6.07, 6.45) is 4.10. The average Bonchev–Trinajstić information content (AvgIpc) is 3.07. The van der Waals surface area contributed by atoms with Crippen molar-refractivity contribution < 1.29 is 17.4 Å². The predicted molar refractivity (Wildman–Crippen MR) is 119 cm³/mol. The zero-order valence-corrected chi connectivity index (χ0v) is 18.5. The maximum atomic E-state index is 14.9. The van der Waals surface area contributed by atoms with Crippen LogP contribution in [0.5, 0.6) is 0 Å². The Balaban J connectivity index is 2.12. The van der Waals surface area contributed by atoms with Gasteiger partial charge >= 0.3 is 0 Å². The standard InChI is InChI=1S/C21H23ClFNO3S2/c1-13(8-9-29(25,26)27)20(17-7-6-15(22)10-19(17)23)18-11-24-21-14(12-28-2)4-3-5-16(18)21/h3-7,10-11,13,20,24H,8-9,12H2,1-2H3,(H,25,26,27). The topological polar surface area (TPSA) is 70.2 Å². The van der Waals surface area contributed by atoms with Gasteiger partial charge in [0.1, 0.15) is 5.82 Å². The SMILES string of the molecule is CSCc1cccc2c(C(c3ccc(Cl)cc3F)C(C)CCS(=O)(=O)O)c[nH]c12. The number of aromatic nitrogens is 1. The van der Waals surface area contributed by atoms with E-state index in [9.17, 15) is 17.4 Å². The Labute approximate surface area is 179 Å². The highest BCUT2D eigenvalue weighted by Crippen LogP contribution is 2.40. The molecule has 0 aliphatic heterocycles. The van der Waals surface area contributed by atoms with E-state index >= 15 is 0 Å². The first-order chi connectivity index (χ1) is 13.7. The van der Waals surface area contributed by atoms with E-state index in [0.717, 1.165) is 27.8 Å². The van der Waals surface area contributed by atoms with Gasteiger partial charge in [-0.25, -0.2) is 4.39 Å². The number of rotatable bonds is 8. The van der Waals surface area contributed by atoms with E-state index in [-0.39, 0.29) is 18.1 Å². The normalized spacial score (nSPS) is 14.2. The minimum absolute atomic E-state index is 0.197. The molecule has 0 amide bonds. The molecule has 0 saturated heterocycles. The van der Waals surface area contributed by atoms with Crippen molar-refractivity contribution in [3.05, 3.63) is 70.1 Å². The summed E-state index contributed by atoms with van der Waals surface area (Å²) in [5.41, 5.74) is 3.50. The number of fused-ring (bicyclic) bond motifs is 1. The number of hydrogen-bond acceptors (Lipinski definition) is 3. The lowest BCUT2D eigenvalue weighted by Gasteiger charge is -2.25. The van der Waals surface area contributed by atoms with Crippen LogP contribution in [0.2, 0.25) is 5.02 Å². The lowest BCUT2D eigenvalue weighted by molar-refractivity contribution is 0.449. The fraction of sp³-hybridized carbons (Fsp3) is 0.333. The summed E-state index contributed by atoms with van der Waals surface area (Å²) in [7, 11) is -4.10. The number of nitrogens with one attached hydrogen (secondary N) is 1. The smallest absolute Gasteiger partial charge is 0.264 e. The van der Waals surface area contributed by atoms with Gasteiger partial charge in [-0.2, -0.15) is 20.2 Å². The van der Waals surface area contributed by atoms with Gasteiger partial charge in [0.05, 0.1) is 5.75 Å². The molecule has 29 heavy (non-hydrogen) atoms. The highest BCUT2D eigenvalue weighted by Gasteiger charge is 2.28. The number of H-pyrrole nitrogens is 1. The molecule has 2 atom stereocenters. The summed E-state index contributed by atoms with van der Waals surface area (Å²) in [5, 5.41) is 1.28. The number of aromatic amines is 1. The van der Waals surface area contributed by atoms with Crippen molar-refractivity contribution in [2.24, 2.45) is 5.92 Å². The minimum atomic E-state index is -4.10. The molecule has 0 saturated carbocycles. The quantitative estimate of drug-likeness (QED) is 0.417. The molecule has 1 heterocycles. The molecule has 0 radical (unpaired) electrons. The Morgan fingerprint density at radius 3 is 2.66 bits per heavy atom. The van der Waals surface area contributed by atoms with Gasteiger partial charge < -0.3 is 4.98 Å². The molecule has 2 unspecified atom stereocenters. The van der Waals surface area contributed by atoms with Crippen molar-refractivity contribution >= 4 is 44.4 Å².